The van der Waals surface area contributed by atoms with Crippen LogP contribution in [0, 0.1) is 0 Å². The van der Waals surface area contributed by atoms with Gasteiger partial charge in [0.2, 0.25) is 0 Å². The zero-order valence-corrected chi connectivity index (χ0v) is 11.8. The lowest BCUT2D eigenvalue weighted by molar-refractivity contribution is 0.442. The molecule has 0 bridgehead atoms. The molecule has 1 aliphatic rings. The van der Waals surface area contributed by atoms with Crippen LogP contribution in [0.25, 0.3) is 0 Å². The van der Waals surface area contributed by atoms with E-state index < -0.39 is 0 Å². The SMILES string of the molecule is CC(NC1CCNCc2ccccc21)c1cccnc1. The van der Waals surface area contributed by atoms with Crippen LogP contribution in [-0.4, -0.2) is 11.5 Å². The molecule has 0 fully saturated rings. The van der Waals surface area contributed by atoms with E-state index in [1.807, 2.05) is 18.5 Å². The van der Waals surface area contributed by atoms with E-state index in [2.05, 4.69) is 52.9 Å². The Kier molecular flexibility index (Phi) is 4.09. The number of benzene rings is 1. The fraction of sp³-hybridized carbons (Fsp3) is 0.353. The zero-order valence-electron chi connectivity index (χ0n) is 11.8. The number of nitrogens with zero attached hydrogens (tertiary/aromatic N) is 1. The van der Waals surface area contributed by atoms with Crippen molar-refractivity contribution in [3.05, 3.63) is 65.5 Å². The van der Waals surface area contributed by atoms with Crippen LogP contribution in [0.4, 0.5) is 0 Å². The van der Waals surface area contributed by atoms with E-state index in [9.17, 15) is 0 Å². The number of rotatable bonds is 3. The van der Waals surface area contributed by atoms with E-state index in [1.54, 1.807) is 0 Å². The third kappa shape index (κ3) is 2.89. The lowest BCUT2D eigenvalue weighted by Crippen LogP contribution is -2.26. The van der Waals surface area contributed by atoms with Gasteiger partial charge in [0.1, 0.15) is 0 Å². The molecular weight excluding hydrogens is 246 g/mol. The van der Waals surface area contributed by atoms with E-state index in [4.69, 9.17) is 0 Å². The van der Waals surface area contributed by atoms with E-state index in [0.29, 0.717) is 12.1 Å². The fourth-order valence-electron chi connectivity index (χ4n) is 2.86. The van der Waals surface area contributed by atoms with Crippen molar-refractivity contribution in [1.29, 1.82) is 0 Å². The molecule has 1 aliphatic heterocycles. The Labute approximate surface area is 120 Å². The van der Waals surface area contributed by atoms with Gasteiger partial charge in [0.05, 0.1) is 0 Å². The van der Waals surface area contributed by atoms with Crippen molar-refractivity contribution in [1.82, 2.24) is 15.6 Å². The summed E-state index contributed by atoms with van der Waals surface area (Å²) in [5, 5.41) is 7.25. The van der Waals surface area contributed by atoms with Crippen LogP contribution < -0.4 is 10.6 Å². The average molecular weight is 267 g/mol. The number of hydrogen-bond acceptors (Lipinski definition) is 3. The molecule has 1 aromatic carbocycles. The van der Waals surface area contributed by atoms with Gasteiger partial charge >= 0.3 is 0 Å². The number of hydrogen-bond donors (Lipinski definition) is 2. The van der Waals surface area contributed by atoms with Crippen molar-refractivity contribution in [3.8, 4) is 0 Å². The van der Waals surface area contributed by atoms with Gasteiger partial charge in [-0.2, -0.15) is 0 Å². The summed E-state index contributed by atoms with van der Waals surface area (Å²) < 4.78 is 0. The van der Waals surface area contributed by atoms with Gasteiger partial charge in [-0.25, -0.2) is 0 Å². The van der Waals surface area contributed by atoms with E-state index in [-0.39, 0.29) is 0 Å². The summed E-state index contributed by atoms with van der Waals surface area (Å²) in [6.45, 7) is 4.22. The van der Waals surface area contributed by atoms with Crippen LogP contribution in [0.15, 0.2) is 48.8 Å². The first-order valence-electron chi connectivity index (χ1n) is 7.29. The van der Waals surface area contributed by atoms with Crippen LogP contribution in [0.5, 0.6) is 0 Å². The maximum Gasteiger partial charge on any atom is 0.0341 e. The molecule has 2 aromatic rings. The van der Waals surface area contributed by atoms with Gasteiger partial charge in [-0.05, 0) is 42.6 Å². The van der Waals surface area contributed by atoms with Gasteiger partial charge < -0.3 is 10.6 Å². The molecular formula is C17H21N3. The summed E-state index contributed by atoms with van der Waals surface area (Å²) in [6.07, 6.45) is 4.88. The maximum atomic E-state index is 4.21. The third-order valence-corrected chi connectivity index (χ3v) is 3.99. The second kappa shape index (κ2) is 6.16. The van der Waals surface area contributed by atoms with E-state index in [0.717, 1.165) is 19.5 Å². The first kappa shape index (κ1) is 13.3. The highest BCUT2D eigenvalue weighted by Crippen LogP contribution is 2.26. The molecule has 1 aromatic heterocycles. The van der Waals surface area contributed by atoms with Crippen molar-refractivity contribution in [2.75, 3.05) is 6.54 Å². The molecule has 20 heavy (non-hydrogen) atoms. The minimum atomic E-state index is 0.305. The minimum Gasteiger partial charge on any atom is -0.313 e. The van der Waals surface area contributed by atoms with Crippen LogP contribution in [0.3, 0.4) is 0 Å². The molecule has 0 saturated heterocycles. The first-order chi connectivity index (χ1) is 9.84. The summed E-state index contributed by atoms with van der Waals surface area (Å²) in [7, 11) is 0. The van der Waals surface area contributed by atoms with E-state index >= 15 is 0 Å². The second-order valence-electron chi connectivity index (χ2n) is 5.39. The van der Waals surface area contributed by atoms with Crippen LogP contribution >= 0.6 is 0 Å². The molecule has 0 amide bonds. The Morgan fingerprint density at radius 2 is 2.15 bits per heavy atom. The summed E-state index contributed by atoms with van der Waals surface area (Å²) in [5.74, 6) is 0. The monoisotopic (exact) mass is 267 g/mol. The van der Waals surface area contributed by atoms with Gasteiger partial charge in [-0.15, -0.1) is 0 Å². The molecule has 3 nitrogen and oxygen atoms in total. The molecule has 0 saturated carbocycles. The molecule has 0 radical (unpaired) electrons. The van der Waals surface area contributed by atoms with Crippen LogP contribution in [0.1, 0.15) is 42.1 Å². The first-order valence-corrected chi connectivity index (χ1v) is 7.29. The Morgan fingerprint density at radius 1 is 1.25 bits per heavy atom. The highest BCUT2D eigenvalue weighted by Gasteiger charge is 2.20. The average Bonchev–Trinajstić information content (AvgIpc) is 2.71. The van der Waals surface area contributed by atoms with Crippen molar-refractivity contribution in [3.63, 3.8) is 0 Å². The van der Waals surface area contributed by atoms with Crippen molar-refractivity contribution in [2.24, 2.45) is 0 Å². The smallest absolute Gasteiger partial charge is 0.0341 e. The Morgan fingerprint density at radius 3 is 3.00 bits per heavy atom. The van der Waals surface area contributed by atoms with Crippen molar-refractivity contribution < 1.29 is 0 Å². The highest BCUT2D eigenvalue weighted by atomic mass is 15.0. The highest BCUT2D eigenvalue weighted by molar-refractivity contribution is 5.31. The lowest BCUT2D eigenvalue weighted by Gasteiger charge is -2.24. The Balaban J connectivity index is 1.80. The molecule has 3 heteroatoms. The molecule has 2 heterocycles. The van der Waals surface area contributed by atoms with Crippen molar-refractivity contribution in [2.45, 2.75) is 32.0 Å². The van der Waals surface area contributed by atoms with Gasteiger partial charge in [-0.1, -0.05) is 30.3 Å². The fourth-order valence-corrected chi connectivity index (χ4v) is 2.86. The molecule has 2 N–H and O–H groups in total. The molecule has 0 spiro atoms. The molecule has 3 rings (SSSR count). The van der Waals surface area contributed by atoms with Crippen LogP contribution in [-0.2, 0) is 6.54 Å². The lowest BCUT2D eigenvalue weighted by atomic mass is 9.98. The zero-order chi connectivity index (χ0) is 13.8. The predicted octanol–water partition coefficient (Wildman–Crippen LogP) is 2.97. The molecule has 0 aliphatic carbocycles. The van der Waals surface area contributed by atoms with E-state index in [1.165, 1.54) is 16.7 Å². The number of aromatic nitrogens is 1. The summed E-state index contributed by atoms with van der Waals surface area (Å²) in [6, 6.07) is 13.5. The predicted molar refractivity (Wildman–Crippen MR) is 81.3 cm³/mol. The standard InChI is InChI=1S/C17H21N3/c1-13(14-6-4-9-18-11-14)20-17-8-10-19-12-15-5-2-3-7-16(15)17/h2-7,9,11,13,17,19-20H,8,10,12H2,1H3. The van der Waals surface area contributed by atoms with Gasteiger partial charge in [-0.3, -0.25) is 4.98 Å². The third-order valence-electron chi connectivity index (χ3n) is 3.99. The maximum absolute atomic E-state index is 4.21. The second-order valence-corrected chi connectivity index (χ2v) is 5.39. The van der Waals surface area contributed by atoms with Gasteiger partial charge in [0, 0.05) is 31.0 Å². The van der Waals surface area contributed by atoms with Gasteiger partial charge in [0.15, 0.2) is 0 Å². The molecule has 2 atom stereocenters. The normalized spacial score (nSPS) is 19.9. The topological polar surface area (TPSA) is 37.0 Å². The molecule has 104 valence electrons. The number of pyridine rings is 1. The quantitative estimate of drug-likeness (QED) is 0.897. The number of fused-ring (bicyclic) bond motifs is 1. The largest absolute Gasteiger partial charge is 0.313 e. The number of nitrogens with one attached hydrogen (secondary N) is 2. The summed E-state index contributed by atoms with van der Waals surface area (Å²) >= 11 is 0. The van der Waals surface area contributed by atoms with Gasteiger partial charge in [0.25, 0.3) is 0 Å². The van der Waals surface area contributed by atoms with Crippen LogP contribution in [0.2, 0.25) is 0 Å². The Bertz CT molecular complexity index is 553. The minimum absolute atomic E-state index is 0.305. The summed E-state index contributed by atoms with van der Waals surface area (Å²) in [4.78, 5) is 4.21. The summed E-state index contributed by atoms with van der Waals surface area (Å²) in [5.41, 5.74) is 4.07. The van der Waals surface area contributed by atoms with Crippen molar-refractivity contribution >= 4 is 0 Å². The molecule has 2 unspecified atom stereocenters. The Hall–Kier alpha value is -1.71.